The van der Waals surface area contributed by atoms with Crippen LogP contribution in [0.3, 0.4) is 0 Å². The third-order valence-corrected chi connectivity index (χ3v) is 5.10. The summed E-state index contributed by atoms with van der Waals surface area (Å²) in [5, 5.41) is 0. The molecule has 1 fully saturated rings. The largest absolute Gasteiger partial charge is 0.464 e. The van der Waals surface area contributed by atoms with Crippen LogP contribution < -0.4 is 0 Å². The van der Waals surface area contributed by atoms with E-state index >= 15 is 0 Å². The van der Waals surface area contributed by atoms with Crippen molar-refractivity contribution in [3.63, 3.8) is 0 Å². The second kappa shape index (κ2) is 7.36. The molecule has 0 unspecified atom stereocenters. The van der Waals surface area contributed by atoms with E-state index in [4.69, 9.17) is 9.47 Å². The molecule has 1 aromatic carbocycles. The minimum absolute atomic E-state index is 0.0690. The molecular formula is C19H17BrFN3O3. The summed E-state index contributed by atoms with van der Waals surface area (Å²) in [5.74, 6) is -0.132. The number of fused-ring (bicyclic) bond motifs is 1. The van der Waals surface area contributed by atoms with Crippen LogP contribution >= 0.6 is 15.9 Å². The van der Waals surface area contributed by atoms with E-state index in [0.29, 0.717) is 40.0 Å². The molecule has 1 saturated heterocycles. The van der Waals surface area contributed by atoms with E-state index in [2.05, 4.69) is 25.9 Å². The molecule has 3 aromatic rings. The van der Waals surface area contributed by atoms with Crippen molar-refractivity contribution in [1.82, 2.24) is 14.5 Å². The summed E-state index contributed by atoms with van der Waals surface area (Å²) in [7, 11) is 1.31. The summed E-state index contributed by atoms with van der Waals surface area (Å²) in [6.07, 6.45) is 1.33. The van der Waals surface area contributed by atoms with E-state index in [-0.39, 0.29) is 17.6 Å². The minimum Gasteiger partial charge on any atom is -0.464 e. The summed E-state index contributed by atoms with van der Waals surface area (Å²) in [4.78, 5) is 20.9. The minimum atomic E-state index is -0.509. The molecular weight excluding hydrogens is 417 g/mol. The highest BCUT2D eigenvalue weighted by Crippen LogP contribution is 2.24. The van der Waals surface area contributed by atoms with Gasteiger partial charge in [0.05, 0.1) is 19.8 Å². The lowest BCUT2D eigenvalue weighted by molar-refractivity contribution is -0.0590. The van der Waals surface area contributed by atoms with Gasteiger partial charge in [0, 0.05) is 17.5 Å². The van der Waals surface area contributed by atoms with Crippen molar-refractivity contribution in [2.45, 2.75) is 25.5 Å². The topological polar surface area (TPSA) is 66.2 Å². The highest BCUT2D eigenvalue weighted by molar-refractivity contribution is 9.10. The lowest BCUT2D eigenvalue weighted by Crippen LogP contribution is -2.32. The first-order chi connectivity index (χ1) is 13.0. The molecule has 1 aliphatic heterocycles. The number of carbonyl (C=O) groups is 1. The Labute approximate surface area is 163 Å². The first-order valence-electron chi connectivity index (χ1n) is 8.55. The maximum atomic E-state index is 14.3. The van der Waals surface area contributed by atoms with Crippen LogP contribution in [0.15, 0.2) is 34.8 Å². The molecule has 140 valence electrons. The van der Waals surface area contributed by atoms with Crippen molar-refractivity contribution in [3.05, 3.63) is 57.7 Å². The molecule has 2 aromatic heterocycles. The Hall–Kier alpha value is -2.32. The Balaban J connectivity index is 1.77. The zero-order valence-corrected chi connectivity index (χ0v) is 16.2. The fraction of sp³-hybridized carbons (Fsp3) is 0.316. The van der Waals surface area contributed by atoms with Gasteiger partial charge in [0.2, 0.25) is 0 Å². The molecule has 0 spiro atoms. The number of aromatic nitrogens is 3. The van der Waals surface area contributed by atoms with Crippen molar-refractivity contribution in [3.8, 4) is 0 Å². The third kappa shape index (κ3) is 3.59. The number of esters is 1. The normalized spacial score (nSPS) is 16.3. The van der Waals surface area contributed by atoms with Gasteiger partial charge in [-0.1, -0.05) is 22.0 Å². The van der Waals surface area contributed by atoms with E-state index in [1.54, 1.807) is 24.3 Å². The molecule has 27 heavy (non-hydrogen) atoms. The van der Waals surface area contributed by atoms with E-state index in [9.17, 15) is 9.18 Å². The SMILES string of the molecule is COC(=O)c1ccc2nc(Cc3ccc(Br)cc3F)n(C[C@@H]3CCO3)c2n1. The Morgan fingerprint density at radius 2 is 2.19 bits per heavy atom. The highest BCUT2D eigenvalue weighted by Gasteiger charge is 2.23. The van der Waals surface area contributed by atoms with Gasteiger partial charge in [0.15, 0.2) is 11.3 Å². The Morgan fingerprint density at radius 3 is 2.85 bits per heavy atom. The molecule has 1 atom stereocenters. The van der Waals surface area contributed by atoms with Crippen molar-refractivity contribution in [2.24, 2.45) is 0 Å². The maximum absolute atomic E-state index is 14.3. The fourth-order valence-electron chi connectivity index (χ4n) is 3.06. The van der Waals surface area contributed by atoms with E-state index in [1.807, 2.05) is 4.57 Å². The summed E-state index contributed by atoms with van der Waals surface area (Å²) in [5.41, 5.74) is 1.97. The summed E-state index contributed by atoms with van der Waals surface area (Å²) >= 11 is 3.27. The van der Waals surface area contributed by atoms with Crippen LogP contribution in [0.5, 0.6) is 0 Å². The highest BCUT2D eigenvalue weighted by atomic mass is 79.9. The third-order valence-electron chi connectivity index (χ3n) is 4.61. The fourth-order valence-corrected chi connectivity index (χ4v) is 3.39. The van der Waals surface area contributed by atoms with Crippen molar-refractivity contribution in [1.29, 1.82) is 0 Å². The van der Waals surface area contributed by atoms with Crippen LogP contribution in [0.1, 0.15) is 28.3 Å². The van der Waals surface area contributed by atoms with E-state index < -0.39 is 5.97 Å². The number of pyridine rings is 1. The summed E-state index contributed by atoms with van der Waals surface area (Å²) in [6.45, 7) is 1.29. The van der Waals surface area contributed by atoms with Crippen molar-refractivity contribution in [2.75, 3.05) is 13.7 Å². The molecule has 0 saturated carbocycles. The predicted molar refractivity (Wildman–Crippen MR) is 100 cm³/mol. The quantitative estimate of drug-likeness (QED) is 0.576. The number of methoxy groups -OCH3 is 1. The smallest absolute Gasteiger partial charge is 0.356 e. The number of nitrogens with zero attached hydrogens (tertiary/aromatic N) is 3. The number of carbonyl (C=O) groups excluding carboxylic acids is 1. The molecule has 6 nitrogen and oxygen atoms in total. The first-order valence-corrected chi connectivity index (χ1v) is 9.34. The number of ether oxygens (including phenoxy) is 2. The van der Waals surface area contributed by atoms with Gasteiger partial charge in [0.1, 0.15) is 17.2 Å². The predicted octanol–water partition coefficient (Wildman–Crippen LogP) is 3.50. The molecule has 0 amide bonds. The molecule has 3 heterocycles. The number of halogens is 2. The van der Waals surface area contributed by atoms with Crippen LogP contribution in [0.2, 0.25) is 0 Å². The maximum Gasteiger partial charge on any atom is 0.356 e. The van der Waals surface area contributed by atoms with Crippen molar-refractivity contribution >= 4 is 33.1 Å². The molecule has 1 aliphatic rings. The Bertz CT molecular complexity index is 1020. The average Bonchev–Trinajstić information content (AvgIpc) is 2.96. The van der Waals surface area contributed by atoms with Crippen LogP contribution in [0, 0.1) is 5.82 Å². The zero-order chi connectivity index (χ0) is 19.0. The second-order valence-corrected chi connectivity index (χ2v) is 7.28. The van der Waals surface area contributed by atoms with Crippen LogP contribution in [0.4, 0.5) is 4.39 Å². The molecule has 0 aliphatic carbocycles. The molecule has 8 heteroatoms. The zero-order valence-electron chi connectivity index (χ0n) is 14.6. The number of hydrogen-bond donors (Lipinski definition) is 0. The molecule has 0 radical (unpaired) electrons. The Morgan fingerprint density at radius 1 is 1.37 bits per heavy atom. The number of rotatable bonds is 5. The summed E-state index contributed by atoms with van der Waals surface area (Å²) < 4.78 is 27.2. The van der Waals surface area contributed by atoms with Gasteiger partial charge in [-0.15, -0.1) is 0 Å². The first kappa shape index (κ1) is 18.1. The van der Waals surface area contributed by atoms with Gasteiger partial charge in [-0.3, -0.25) is 0 Å². The van der Waals surface area contributed by atoms with E-state index in [0.717, 1.165) is 13.0 Å². The number of imidazole rings is 1. The van der Waals surface area contributed by atoms with Gasteiger partial charge in [-0.25, -0.2) is 19.2 Å². The van der Waals surface area contributed by atoms with Crippen LogP contribution in [0.25, 0.3) is 11.2 Å². The van der Waals surface area contributed by atoms with Gasteiger partial charge < -0.3 is 14.0 Å². The number of benzene rings is 1. The summed E-state index contributed by atoms with van der Waals surface area (Å²) in [6, 6.07) is 8.28. The second-order valence-electron chi connectivity index (χ2n) is 6.36. The Kier molecular flexibility index (Phi) is 4.92. The monoisotopic (exact) mass is 433 g/mol. The van der Waals surface area contributed by atoms with E-state index in [1.165, 1.54) is 13.2 Å². The lowest BCUT2D eigenvalue weighted by Gasteiger charge is -2.27. The molecule has 0 bridgehead atoms. The van der Waals surface area contributed by atoms with Crippen molar-refractivity contribution < 1.29 is 18.7 Å². The standard InChI is InChI=1S/C19H17BrFN3O3/c1-26-19(25)16-5-4-15-18(23-16)24(10-13-6-7-27-13)17(22-15)8-11-2-3-12(20)9-14(11)21/h2-5,9,13H,6-8,10H2,1H3/t13-/m0/s1. The van der Waals surface area contributed by atoms with Gasteiger partial charge >= 0.3 is 5.97 Å². The van der Waals surface area contributed by atoms with Gasteiger partial charge in [-0.2, -0.15) is 0 Å². The molecule has 0 N–H and O–H groups in total. The van der Waals surface area contributed by atoms with Gasteiger partial charge in [-0.05, 0) is 36.2 Å². The van der Waals surface area contributed by atoms with Crippen LogP contribution in [-0.4, -0.2) is 40.3 Å². The average molecular weight is 434 g/mol. The lowest BCUT2D eigenvalue weighted by atomic mass is 10.1. The van der Waals surface area contributed by atoms with Gasteiger partial charge in [0.25, 0.3) is 0 Å². The number of hydrogen-bond acceptors (Lipinski definition) is 5. The van der Waals surface area contributed by atoms with Crippen LogP contribution in [-0.2, 0) is 22.4 Å². The molecule has 4 rings (SSSR count).